The summed E-state index contributed by atoms with van der Waals surface area (Å²) in [5.74, 6) is 0.302. The molecule has 3 aromatic carbocycles. The summed E-state index contributed by atoms with van der Waals surface area (Å²) in [5.41, 5.74) is 8.36. The molecule has 0 saturated heterocycles. The van der Waals surface area contributed by atoms with Crippen LogP contribution in [0, 0.1) is 0 Å². The fraction of sp³-hybridized carbons (Fsp3) is 0. The Balaban J connectivity index is 1.95. The Morgan fingerprint density at radius 1 is 0.842 bits per heavy atom. The van der Waals surface area contributed by atoms with Crippen molar-refractivity contribution in [2.75, 3.05) is 11.1 Å². The molecule has 0 aliphatic heterocycles. The Morgan fingerprint density at radius 3 is 2.37 bits per heavy atom. The van der Waals surface area contributed by atoms with Gasteiger partial charge >= 0.3 is 0 Å². The predicted molar refractivity (Wildman–Crippen MR) is 79.7 cm³/mol. The lowest BCUT2D eigenvalue weighted by Gasteiger charge is -2.08. The number of nitrogens with two attached hydrogens (primary N) is 1. The first kappa shape index (κ1) is 11.4. The smallest absolute Gasteiger partial charge is 0.123 e. The number of nitrogens with one attached hydrogen (secondary N) is 1. The van der Waals surface area contributed by atoms with Crippen LogP contribution in [0.2, 0.25) is 0 Å². The number of benzene rings is 3. The molecule has 0 amide bonds. The van der Waals surface area contributed by atoms with Crippen molar-refractivity contribution in [3.63, 3.8) is 0 Å². The molecule has 4 N–H and O–H groups in total. The van der Waals surface area contributed by atoms with Gasteiger partial charge in [-0.2, -0.15) is 0 Å². The van der Waals surface area contributed by atoms with Gasteiger partial charge in [0.15, 0.2) is 0 Å². The number of nitrogen functional groups attached to an aromatic ring is 1. The number of anilines is 3. The van der Waals surface area contributed by atoms with Gasteiger partial charge in [0.25, 0.3) is 0 Å². The van der Waals surface area contributed by atoms with Crippen molar-refractivity contribution < 1.29 is 5.11 Å². The number of phenols is 1. The van der Waals surface area contributed by atoms with E-state index in [9.17, 15) is 5.11 Å². The number of hydrogen-bond acceptors (Lipinski definition) is 3. The van der Waals surface area contributed by atoms with Crippen molar-refractivity contribution in [2.24, 2.45) is 0 Å². The van der Waals surface area contributed by atoms with Gasteiger partial charge in [-0.05, 0) is 53.9 Å². The topological polar surface area (TPSA) is 58.3 Å². The monoisotopic (exact) mass is 250 g/mol. The van der Waals surface area contributed by atoms with Crippen LogP contribution in [0.25, 0.3) is 10.8 Å². The fourth-order valence-electron chi connectivity index (χ4n) is 2.08. The van der Waals surface area contributed by atoms with Crippen LogP contribution in [0.4, 0.5) is 17.1 Å². The molecule has 94 valence electrons. The Labute approximate surface area is 111 Å². The lowest BCUT2D eigenvalue weighted by molar-refractivity contribution is 0.481. The third-order valence-corrected chi connectivity index (χ3v) is 3.06. The molecule has 0 fully saturated rings. The van der Waals surface area contributed by atoms with Gasteiger partial charge in [-0.3, -0.25) is 0 Å². The molecule has 0 unspecified atom stereocenters. The highest BCUT2D eigenvalue weighted by atomic mass is 16.3. The maximum absolute atomic E-state index is 9.75. The van der Waals surface area contributed by atoms with Gasteiger partial charge < -0.3 is 16.2 Å². The van der Waals surface area contributed by atoms with Gasteiger partial charge in [0, 0.05) is 22.4 Å². The summed E-state index contributed by atoms with van der Waals surface area (Å²) in [6.07, 6.45) is 0. The second-order valence-corrected chi connectivity index (χ2v) is 4.46. The van der Waals surface area contributed by atoms with Gasteiger partial charge in [0.05, 0.1) is 0 Å². The standard InChI is InChI=1S/C16H14N2O/c17-12-4-6-13(7-5-12)18-14-8-9-15-11(10-14)2-1-3-16(15)19/h1-10,18-19H,17H2. The van der Waals surface area contributed by atoms with E-state index in [1.165, 1.54) is 0 Å². The molecule has 0 spiro atoms. The number of phenolic OH excluding ortho intramolecular Hbond substituents is 1. The first-order valence-electron chi connectivity index (χ1n) is 6.07. The van der Waals surface area contributed by atoms with Crippen LogP contribution in [0.15, 0.2) is 60.7 Å². The summed E-state index contributed by atoms with van der Waals surface area (Å²) in [4.78, 5) is 0. The second kappa shape index (κ2) is 4.53. The molecule has 0 aromatic heterocycles. The Morgan fingerprint density at radius 2 is 1.58 bits per heavy atom. The van der Waals surface area contributed by atoms with E-state index in [-0.39, 0.29) is 0 Å². The molecule has 0 radical (unpaired) electrons. The maximum Gasteiger partial charge on any atom is 0.123 e. The van der Waals surface area contributed by atoms with E-state index < -0.39 is 0 Å². The SMILES string of the molecule is Nc1ccc(Nc2ccc3c(O)cccc3c2)cc1. The Kier molecular flexibility index (Phi) is 2.72. The Bertz CT molecular complexity index is 720. The predicted octanol–water partition coefficient (Wildman–Crippen LogP) is 3.87. The van der Waals surface area contributed by atoms with Crippen LogP contribution in [-0.4, -0.2) is 5.11 Å². The van der Waals surface area contributed by atoms with Gasteiger partial charge in [0.1, 0.15) is 5.75 Å². The summed E-state index contributed by atoms with van der Waals surface area (Å²) in [7, 11) is 0. The third kappa shape index (κ3) is 2.31. The number of fused-ring (bicyclic) bond motifs is 1. The van der Waals surface area contributed by atoms with E-state index in [0.717, 1.165) is 27.8 Å². The van der Waals surface area contributed by atoms with E-state index in [4.69, 9.17) is 5.73 Å². The van der Waals surface area contributed by atoms with Gasteiger partial charge in [-0.25, -0.2) is 0 Å². The van der Waals surface area contributed by atoms with Crippen molar-refractivity contribution in [1.29, 1.82) is 0 Å². The molecule has 0 atom stereocenters. The summed E-state index contributed by atoms with van der Waals surface area (Å²) in [5, 5.41) is 14.9. The van der Waals surface area contributed by atoms with Gasteiger partial charge in [-0.1, -0.05) is 12.1 Å². The first-order chi connectivity index (χ1) is 9.22. The zero-order chi connectivity index (χ0) is 13.2. The largest absolute Gasteiger partial charge is 0.507 e. The van der Waals surface area contributed by atoms with E-state index >= 15 is 0 Å². The van der Waals surface area contributed by atoms with Gasteiger partial charge in [-0.15, -0.1) is 0 Å². The summed E-state index contributed by atoms with van der Waals surface area (Å²) >= 11 is 0. The molecular formula is C16H14N2O. The third-order valence-electron chi connectivity index (χ3n) is 3.06. The normalized spacial score (nSPS) is 10.5. The molecule has 3 aromatic rings. The van der Waals surface area contributed by atoms with E-state index in [0.29, 0.717) is 5.75 Å². The molecular weight excluding hydrogens is 236 g/mol. The minimum Gasteiger partial charge on any atom is -0.507 e. The van der Waals surface area contributed by atoms with E-state index in [2.05, 4.69) is 5.32 Å². The average molecular weight is 250 g/mol. The molecule has 0 aliphatic carbocycles. The summed E-state index contributed by atoms with van der Waals surface area (Å²) < 4.78 is 0. The molecule has 0 heterocycles. The lowest BCUT2D eigenvalue weighted by Crippen LogP contribution is -1.91. The first-order valence-corrected chi connectivity index (χ1v) is 6.07. The van der Waals surface area contributed by atoms with Crippen LogP contribution in [0.1, 0.15) is 0 Å². The van der Waals surface area contributed by atoms with Crippen molar-refractivity contribution >= 4 is 27.8 Å². The van der Waals surface area contributed by atoms with Crippen LogP contribution < -0.4 is 11.1 Å². The molecule has 0 aliphatic rings. The van der Waals surface area contributed by atoms with Crippen molar-refractivity contribution in [2.45, 2.75) is 0 Å². The van der Waals surface area contributed by atoms with E-state index in [1.807, 2.05) is 54.6 Å². The van der Waals surface area contributed by atoms with Crippen molar-refractivity contribution in [1.82, 2.24) is 0 Å². The Hall–Kier alpha value is -2.68. The summed E-state index contributed by atoms with van der Waals surface area (Å²) in [6.45, 7) is 0. The maximum atomic E-state index is 9.75. The van der Waals surface area contributed by atoms with E-state index in [1.54, 1.807) is 6.07 Å². The summed E-state index contributed by atoms with van der Waals surface area (Å²) in [6, 6.07) is 18.9. The number of aromatic hydroxyl groups is 1. The number of rotatable bonds is 2. The minimum atomic E-state index is 0.302. The van der Waals surface area contributed by atoms with Gasteiger partial charge in [0.2, 0.25) is 0 Å². The lowest BCUT2D eigenvalue weighted by atomic mass is 10.1. The highest BCUT2D eigenvalue weighted by Crippen LogP contribution is 2.28. The zero-order valence-electron chi connectivity index (χ0n) is 10.3. The molecule has 19 heavy (non-hydrogen) atoms. The highest BCUT2D eigenvalue weighted by molar-refractivity contribution is 5.91. The fourth-order valence-corrected chi connectivity index (χ4v) is 2.08. The molecule has 0 saturated carbocycles. The molecule has 3 heteroatoms. The van der Waals surface area contributed by atoms with Crippen LogP contribution >= 0.6 is 0 Å². The highest BCUT2D eigenvalue weighted by Gasteiger charge is 2.01. The van der Waals surface area contributed by atoms with Crippen LogP contribution in [0.3, 0.4) is 0 Å². The van der Waals surface area contributed by atoms with Crippen LogP contribution in [-0.2, 0) is 0 Å². The molecule has 3 nitrogen and oxygen atoms in total. The quantitative estimate of drug-likeness (QED) is 0.605. The minimum absolute atomic E-state index is 0.302. The zero-order valence-corrected chi connectivity index (χ0v) is 10.3. The second-order valence-electron chi connectivity index (χ2n) is 4.46. The molecule has 3 rings (SSSR count). The van der Waals surface area contributed by atoms with Crippen molar-refractivity contribution in [3.8, 4) is 5.75 Å². The average Bonchev–Trinajstić information content (AvgIpc) is 2.42. The van der Waals surface area contributed by atoms with Crippen LogP contribution in [0.5, 0.6) is 5.75 Å². The van der Waals surface area contributed by atoms with Crippen molar-refractivity contribution in [3.05, 3.63) is 60.7 Å². The number of hydrogen-bond donors (Lipinski definition) is 3. The molecule has 0 bridgehead atoms.